The van der Waals surface area contributed by atoms with Gasteiger partial charge in [0.2, 0.25) is 11.8 Å². The van der Waals surface area contributed by atoms with Gasteiger partial charge in [-0.2, -0.15) is 0 Å². The van der Waals surface area contributed by atoms with Crippen molar-refractivity contribution in [3.8, 4) is 0 Å². The van der Waals surface area contributed by atoms with Gasteiger partial charge in [0, 0.05) is 11.3 Å². The first-order valence-electron chi connectivity index (χ1n) is 11.6. The van der Waals surface area contributed by atoms with Crippen molar-refractivity contribution in [2.24, 2.45) is 11.8 Å². The molecule has 2 aromatic rings. The summed E-state index contributed by atoms with van der Waals surface area (Å²) in [5.41, 5.74) is 2.78. The van der Waals surface area contributed by atoms with Crippen LogP contribution in [0.25, 0.3) is 0 Å². The van der Waals surface area contributed by atoms with Crippen LogP contribution in [0.15, 0.2) is 60.2 Å². The molecule has 0 spiro atoms. The number of nitrogens with zero attached hydrogens (tertiary/aromatic N) is 1. The molecule has 1 saturated heterocycles. The van der Waals surface area contributed by atoms with Crippen LogP contribution >= 0.6 is 0 Å². The number of hydrogen-bond donors (Lipinski definition) is 1. The minimum Gasteiger partial charge on any atom is -0.462 e. The number of nitrogens with one attached hydrogen (secondary N) is 1. The maximum atomic E-state index is 13.0. The summed E-state index contributed by atoms with van der Waals surface area (Å²) in [4.78, 5) is 52.0. The molecule has 7 heteroatoms. The molecule has 2 atom stereocenters. The van der Waals surface area contributed by atoms with Crippen molar-refractivity contribution in [1.29, 1.82) is 0 Å². The maximum Gasteiger partial charge on any atom is 0.338 e. The van der Waals surface area contributed by atoms with Crippen LogP contribution in [0.5, 0.6) is 0 Å². The first kappa shape index (κ1) is 23.4. The minimum atomic E-state index is -0.398. The van der Waals surface area contributed by atoms with Crippen molar-refractivity contribution in [2.45, 2.75) is 39.5 Å². The average molecular weight is 461 g/mol. The van der Waals surface area contributed by atoms with Crippen molar-refractivity contribution in [1.82, 2.24) is 0 Å². The van der Waals surface area contributed by atoms with E-state index in [-0.39, 0.29) is 29.6 Å². The van der Waals surface area contributed by atoms with Gasteiger partial charge in [-0.25, -0.2) is 4.79 Å². The third-order valence-electron chi connectivity index (χ3n) is 6.30. The predicted octanol–water partition coefficient (Wildman–Crippen LogP) is 4.74. The molecule has 34 heavy (non-hydrogen) atoms. The molecule has 1 aliphatic heterocycles. The van der Waals surface area contributed by atoms with E-state index in [0.29, 0.717) is 42.0 Å². The molecular weight excluding hydrogens is 432 g/mol. The Morgan fingerprint density at radius 2 is 1.76 bits per heavy atom. The molecule has 0 unspecified atom stereocenters. The van der Waals surface area contributed by atoms with Crippen LogP contribution in [0.1, 0.15) is 60.2 Å². The Kier molecular flexibility index (Phi) is 6.91. The smallest absolute Gasteiger partial charge is 0.338 e. The number of anilines is 2. The molecule has 1 N–H and O–H groups in total. The van der Waals surface area contributed by atoms with Gasteiger partial charge >= 0.3 is 5.97 Å². The highest BCUT2D eigenvalue weighted by Crippen LogP contribution is 2.39. The number of fused-ring (bicyclic) bond motifs is 1. The molecule has 4 rings (SSSR count). The van der Waals surface area contributed by atoms with Crippen molar-refractivity contribution >= 4 is 35.1 Å². The van der Waals surface area contributed by atoms with E-state index in [1.165, 1.54) is 4.90 Å². The number of benzene rings is 2. The zero-order valence-electron chi connectivity index (χ0n) is 19.4. The van der Waals surface area contributed by atoms with E-state index >= 15 is 0 Å². The summed E-state index contributed by atoms with van der Waals surface area (Å²) in [6, 6.07) is 13.0. The molecule has 0 radical (unpaired) electrons. The van der Waals surface area contributed by atoms with Crippen LogP contribution in [0, 0.1) is 11.8 Å². The van der Waals surface area contributed by atoms with Crippen LogP contribution in [-0.4, -0.2) is 30.3 Å². The number of unbranched alkanes of at least 4 members (excludes halogenated alkanes) is 1. The summed E-state index contributed by atoms with van der Waals surface area (Å²) in [5.74, 6) is -1.86. The van der Waals surface area contributed by atoms with Crippen molar-refractivity contribution in [3.05, 3.63) is 71.3 Å². The molecule has 7 nitrogen and oxygen atoms in total. The number of imide groups is 1. The summed E-state index contributed by atoms with van der Waals surface area (Å²) in [5, 5.41) is 2.78. The third kappa shape index (κ3) is 4.78. The number of allylic oxidation sites excluding steroid dienone is 2. The first-order chi connectivity index (χ1) is 16.4. The molecule has 176 valence electrons. The Labute approximate surface area is 198 Å². The van der Waals surface area contributed by atoms with Crippen LogP contribution < -0.4 is 10.2 Å². The normalized spacial score (nSPS) is 19.5. The van der Waals surface area contributed by atoms with E-state index in [2.05, 4.69) is 5.32 Å². The van der Waals surface area contributed by atoms with Crippen LogP contribution in [0.4, 0.5) is 11.4 Å². The molecule has 1 aliphatic carbocycles. The minimum absolute atomic E-state index is 0.207. The van der Waals surface area contributed by atoms with Gasteiger partial charge in [0.05, 0.1) is 29.7 Å². The quantitative estimate of drug-likeness (QED) is 0.279. The summed E-state index contributed by atoms with van der Waals surface area (Å²) in [6.07, 6.45) is 4.94. The highest BCUT2D eigenvalue weighted by Gasteiger charge is 2.48. The van der Waals surface area contributed by atoms with Crippen LogP contribution in [0.2, 0.25) is 0 Å². The Morgan fingerprint density at radius 1 is 1.03 bits per heavy atom. The van der Waals surface area contributed by atoms with E-state index in [0.717, 1.165) is 18.4 Å². The van der Waals surface area contributed by atoms with Gasteiger partial charge in [-0.05, 0) is 68.7 Å². The van der Waals surface area contributed by atoms with Crippen molar-refractivity contribution < 1.29 is 23.9 Å². The van der Waals surface area contributed by atoms with E-state index in [1.807, 2.05) is 19.9 Å². The molecular formula is C27H28N2O5. The Morgan fingerprint density at radius 3 is 2.50 bits per heavy atom. The third-order valence-corrected chi connectivity index (χ3v) is 6.30. The maximum absolute atomic E-state index is 13.0. The lowest BCUT2D eigenvalue weighted by Gasteiger charge is -2.18. The zero-order chi connectivity index (χ0) is 24.2. The number of carbonyl (C=O) groups excluding carboxylic acids is 4. The number of hydrogen-bond acceptors (Lipinski definition) is 5. The summed E-state index contributed by atoms with van der Waals surface area (Å²) < 4.78 is 5.19. The fraction of sp³-hybridized carbons (Fsp3) is 0.333. The molecule has 0 saturated carbocycles. The molecule has 2 aromatic carbocycles. The Hall–Kier alpha value is -3.74. The summed E-state index contributed by atoms with van der Waals surface area (Å²) in [7, 11) is 0. The van der Waals surface area contributed by atoms with Gasteiger partial charge in [0.25, 0.3) is 5.91 Å². The lowest BCUT2D eigenvalue weighted by Crippen LogP contribution is -2.31. The number of ether oxygens (including phenoxy) is 1. The Balaban J connectivity index is 1.44. The number of amides is 3. The van der Waals surface area contributed by atoms with Gasteiger partial charge in [-0.1, -0.05) is 31.1 Å². The molecule has 0 bridgehead atoms. The lowest BCUT2D eigenvalue weighted by atomic mass is 9.82. The predicted molar refractivity (Wildman–Crippen MR) is 128 cm³/mol. The SMILES string of the molecule is CCCCOC(=O)c1ccc(NC(=O)c2cccc(N3C(=O)[C@H]4CC=C(C)C[C@@H]4C3=O)c2)cc1. The second-order valence-corrected chi connectivity index (χ2v) is 8.79. The van der Waals surface area contributed by atoms with Gasteiger partial charge in [-0.15, -0.1) is 0 Å². The number of esters is 1. The first-order valence-corrected chi connectivity index (χ1v) is 11.6. The number of rotatable bonds is 7. The fourth-order valence-electron chi connectivity index (χ4n) is 4.36. The molecule has 1 heterocycles. The summed E-state index contributed by atoms with van der Waals surface area (Å²) in [6.45, 7) is 4.37. The van der Waals surface area contributed by atoms with E-state index in [9.17, 15) is 19.2 Å². The lowest BCUT2D eigenvalue weighted by molar-refractivity contribution is -0.122. The van der Waals surface area contributed by atoms with Gasteiger partial charge < -0.3 is 10.1 Å². The fourth-order valence-corrected chi connectivity index (χ4v) is 4.36. The summed E-state index contributed by atoms with van der Waals surface area (Å²) >= 11 is 0. The molecule has 3 amide bonds. The van der Waals surface area contributed by atoms with Crippen molar-refractivity contribution in [3.63, 3.8) is 0 Å². The zero-order valence-corrected chi connectivity index (χ0v) is 19.4. The van der Waals surface area contributed by atoms with E-state index in [4.69, 9.17) is 4.74 Å². The molecule has 0 aromatic heterocycles. The van der Waals surface area contributed by atoms with Gasteiger partial charge in [0.1, 0.15) is 0 Å². The largest absolute Gasteiger partial charge is 0.462 e. The topological polar surface area (TPSA) is 92.8 Å². The second-order valence-electron chi connectivity index (χ2n) is 8.79. The molecule has 2 aliphatic rings. The van der Waals surface area contributed by atoms with Crippen LogP contribution in [-0.2, 0) is 14.3 Å². The van der Waals surface area contributed by atoms with E-state index < -0.39 is 5.97 Å². The monoisotopic (exact) mass is 460 g/mol. The van der Waals surface area contributed by atoms with Crippen molar-refractivity contribution in [2.75, 3.05) is 16.8 Å². The highest BCUT2D eigenvalue weighted by molar-refractivity contribution is 6.22. The van der Waals surface area contributed by atoms with Gasteiger partial charge in [-0.3, -0.25) is 19.3 Å². The number of carbonyl (C=O) groups is 4. The van der Waals surface area contributed by atoms with E-state index in [1.54, 1.807) is 48.5 Å². The second kappa shape index (κ2) is 10.0. The standard InChI is InChI=1S/C27H28N2O5/c1-3-4-14-34-27(33)18-9-11-20(12-10-18)28-24(30)19-6-5-7-21(16-19)29-25(31)22-13-8-17(2)15-23(22)26(29)32/h5-12,16,22-23H,3-4,13-15H2,1-2H3,(H,28,30)/t22-,23-/m0/s1. The molecule has 1 fully saturated rings. The van der Waals surface area contributed by atoms with Gasteiger partial charge in [0.15, 0.2) is 0 Å². The average Bonchev–Trinajstić information content (AvgIpc) is 3.08. The highest BCUT2D eigenvalue weighted by atomic mass is 16.5. The Bertz CT molecular complexity index is 1150. The van der Waals surface area contributed by atoms with Crippen LogP contribution in [0.3, 0.4) is 0 Å².